The second-order valence-corrected chi connectivity index (χ2v) is 4.05. The lowest BCUT2D eigenvalue weighted by atomic mass is 10.2. The first-order valence-electron chi connectivity index (χ1n) is 3.92. The molecule has 1 unspecified atom stereocenters. The van der Waals surface area contributed by atoms with Crippen LogP contribution in [0.25, 0.3) is 11.0 Å². The monoisotopic (exact) mass is 208 g/mol. The minimum Gasteiger partial charge on any atom is -0.316 e. The summed E-state index contributed by atoms with van der Waals surface area (Å²) in [5.74, 6) is 0. The number of aromatic nitrogens is 2. The Kier molecular flexibility index (Phi) is 2.14. The third-order valence-corrected chi connectivity index (χ3v) is 2.58. The number of nitrogens with zero attached hydrogens (tertiary/aromatic N) is 2. The second-order valence-electron chi connectivity index (χ2n) is 2.88. The van der Waals surface area contributed by atoms with Crippen LogP contribution in [0.4, 0.5) is 0 Å². The molecule has 0 bridgehead atoms. The first-order chi connectivity index (χ1) is 6.20. The topological polar surface area (TPSA) is 17.8 Å². The molecule has 0 saturated carbocycles. The van der Waals surface area contributed by atoms with Crippen molar-refractivity contribution in [1.82, 2.24) is 9.32 Å². The van der Waals surface area contributed by atoms with Crippen molar-refractivity contribution >= 4 is 37.5 Å². The number of thiocarbonyl (C=S) groups is 1. The highest BCUT2D eigenvalue weighted by molar-refractivity contribution is 7.80. The predicted octanol–water partition coefficient (Wildman–Crippen LogP) is 2.41. The Morgan fingerprint density at radius 2 is 2.38 bits per heavy atom. The molecular formula is C9H9N2PS. The van der Waals surface area contributed by atoms with E-state index in [0.29, 0.717) is 0 Å². The van der Waals surface area contributed by atoms with Crippen LogP contribution in [0.1, 0.15) is 12.5 Å². The summed E-state index contributed by atoms with van der Waals surface area (Å²) in [7, 11) is 2.60. The van der Waals surface area contributed by atoms with Crippen molar-refractivity contribution in [2.45, 2.75) is 6.92 Å². The van der Waals surface area contributed by atoms with E-state index in [0.717, 1.165) is 21.5 Å². The smallest absolute Gasteiger partial charge is 0.143 e. The van der Waals surface area contributed by atoms with Crippen molar-refractivity contribution in [2.24, 2.45) is 0 Å². The average Bonchev–Trinajstić information content (AvgIpc) is 2.45. The van der Waals surface area contributed by atoms with E-state index in [9.17, 15) is 0 Å². The standard InChI is InChI=1S/C9H9N2PS/c1-6(13)8-5-11(12)9-7(8)3-2-4-10-9/h2-5H,12H2,1H3. The van der Waals surface area contributed by atoms with Crippen LogP contribution in [-0.2, 0) is 0 Å². The van der Waals surface area contributed by atoms with Crippen LogP contribution in [0.5, 0.6) is 0 Å². The molecule has 2 rings (SSSR count). The zero-order chi connectivity index (χ0) is 9.42. The molecule has 4 heteroatoms. The van der Waals surface area contributed by atoms with Crippen molar-refractivity contribution in [3.05, 3.63) is 30.1 Å². The van der Waals surface area contributed by atoms with Crippen LogP contribution in [0, 0.1) is 0 Å². The van der Waals surface area contributed by atoms with E-state index in [-0.39, 0.29) is 0 Å². The second kappa shape index (κ2) is 3.17. The minimum absolute atomic E-state index is 0.902. The summed E-state index contributed by atoms with van der Waals surface area (Å²) in [5.41, 5.74) is 2.04. The molecule has 2 heterocycles. The molecule has 0 amide bonds. The molecule has 0 aromatic carbocycles. The van der Waals surface area contributed by atoms with E-state index in [1.54, 1.807) is 6.20 Å². The van der Waals surface area contributed by atoms with Gasteiger partial charge in [0, 0.05) is 28.2 Å². The van der Waals surface area contributed by atoms with Gasteiger partial charge in [0.05, 0.1) is 0 Å². The summed E-state index contributed by atoms with van der Waals surface area (Å²) in [6, 6.07) is 3.96. The van der Waals surface area contributed by atoms with Gasteiger partial charge in [-0.2, -0.15) is 0 Å². The zero-order valence-electron chi connectivity index (χ0n) is 7.19. The molecular weight excluding hydrogens is 199 g/mol. The zero-order valence-corrected chi connectivity index (χ0v) is 9.16. The van der Waals surface area contributed by atoms with Gasteiger partial charge in [0.1, 0.15) is 5.65 Å². The Morgan fingerprint density at radius 3 is 3.08 bits per heavy atom. The summed E-state index contributed by atoms with van der Waals surface area (Å²) in [6.45, 7) is 1.93. The fourth-order valence-corrected chi connectivity index (χ4v) is 1.88. The number of hydrogen-bond donors (Lipinski definition) is 0. The van der Waals surface area contributed by atoms with Gasteiger partial charge in [-0.3, -0.25) is 0 Å². The van der Waals surface area contributed by atoms with Crippen molar-refractivity contribution in [1.29, 1.82) is 0 Å². The molecule has 1 atom stereocenters. The molecule has 2 aromatic heterocycles. The van der Waals surface area contributed by atoms with Crippen molar-refractivity contribution in [3.63, 3.8) is 0 Å². The highest BCUT2D eigenvalue weighted by atomic mass is 32.1. The molecule has 0 aliphatic rings. The Bertz CT molecular complexity index is 475. The Labute approximate surface area is 84.2 Å². The van der Waals surface area contributed by atoms with E-state index in [1.807, 2.05) is 29.6 Å². The fourth-order valence-electron chi connectivity index (χ4n) is 1.36. The molecule has 0 fully saturated rings. The van der Waals surface area contributed by atoms with E-state index in [4.69, 9.17) is 12.2 Å². The lowest BCUT2D eigenvalue weighted by Crippen LogP contribution is -1.86. The Morgan fingerprint density at radius 1 is 1.62 bits per heavy atom. The highest BCUT2D eigenvalue weighted by Crippen LogP contribution is 2.21. The van der Waals surface area contributed by atoms with Gasteiger partial charge in [-0.1, -0.05) is 12.2 Å². The van der Waals surface area contributed by atoms with E-state index in [1.165, 1.54) is 0 Å². The fraction of sp³-hybridized carbons (Fsp3) is 0.111. The Hall–Kier alpha value is -0.790. The third-order valence-electron chi connectivity index (χ3n) is 1.97. The summed E-state index contributed by atoms with van der Waals surface area (Å²) in [5, 5.41) is 1.12. The summed E-state index contributed by atoms with van der Waals surface area (Å²) < 4.78 is 1.92. The largest absolute Gasteiger partial charge is 0.316 e. The van der Waals surface area contributed by atoms with Gasteiger partial charge in [0.25, 0.3) is 0 Å². The summed E-state index contributed by atoms with van der Waals surface area (Å²) >= 11 is 5.15. The van der Waals surface area contributed by atoms with Crippen molar-refractivity contribution in [3.8, 4) is 0 Å². The first-order valence-corrected chi connectivity index (χ1v) is 4.84. The van der Waals surface area contributed by atoms with Gasteiger partial charge in [-0.05, 0) is 28.4 Å². The molecule has 2 aromatic rings. The van der Waals surface area contributed by atoms with E-state index in [2.05, 4.69) is 14.4 Å². The normalized spacial score (nSPS) is 10.6. The molecule has 0 radical (unpaired) electrons. The third kappa shape index (κ3) is 1.38. The highest BCUT2D eigenvalue weighted by Gasteiger charge is 2.07. The van der Waals surface area contributed by atoms with Gasteiger partial charge in [0.15, 0.2) is 0 Å². The maximum Gasteiger partial charge on any atom is 0.143 e. The Balaban J connectivity index is 2.85. The number of fused-ring (bicyclic) bond motifs is 1. The molecule has 0 spiro atoms. The van der Waals surface area contributed by atoms with E-state index < -0.39 is 0 Å². The SMILES string of the molecule is CC(=S)c1cn(P)c2ncccc12. The van der Waals surface area contributed by atoms with Crippen LogP contribution in [0.3, 0.4) is 0 Å². The molecule has 0 N–H and O–H groups in total. The average molecular weight is 208 g/mol. The van der Waals surface area contributed by atoms with E-state index >= 15 is 0 Å². The quantitative estimate of drug-likeness (QED) is 0.407. The maximum atomic E-state index is 5.15. The van der Waals surface area contributed by atoms with Crippen LogP contribution >= 0.6 is 21.6 Å². The van der Waals surface area contributed by atoms with Gasteiger partial charge < -0.3 is 4.34 Å². The molecule has 13 heavy (non-hydrogen) atoms. The van der Waals surface area contributed by atoms with Gasteiger partial charge in [0.2, 0.25) is 0 Å². The predicted molar refractivity (Wildman–Crippen MR) is 62.2 cm³/mol. The lowest BCUT2D eigenvalue weighted by Gasteiger charge is -1.92. The first kappa shape index (κ1) is 8.79. The molecule has 66 valence electrons. The van der Waals surface area contributed by atoms with Gasteiger partial charge in [-0.15, -0.1) is 0 Å². The molecule has 0 aliphatic heterocycles. The summed E-state index contributed by atoms with van der Waals surface area (Å²) in [4.78, 5) is 5.17. The van der Waals surface area contributed by atoms with Crippen LogP contribution < -0.4 is 0 Å². The number of hydrogen-bond acceptors (Lipinski definition) is 2. The maximum absolute atomic E-state index is 5.15. The van der Waals surface area contributed by atoms with Crippen LogP contribution in [0.15, 0.2) is 24.5 Å². The van der Waals surface area contributed by atoms with Crippen molar-refractivity contribution < 1.29 is 0 Å². The van der Waals surface area contributed by atoms with Crippen LogP contribution in [0.2, 0.25) is 0 Å². The van der Waals surface area contributed by atoms with Gasteiger partial charge in [-0.25, -0.2) is 4.98 Å². The number of rotatable bonds is 1. The molecule has 0 saturated heterocycles. The lowest BCUT2D eigenvalue weighted by molar-refractivity contribution is 1.26. The minimum atomic E-state index is 0.902. The molecule has 2 nitrogen and oxygen atoms in total. The van der Waals surface area contributed by atoms with Crippen LogP contribution in [-0.4, -0.2) is 14.2 Å². The number of pyridine rings is 1. The van der Waals surface area contributed by atoms with Gasteiger partial charge >= 0.3 is 0 Å². The van der Waals surface area contributed by atoms with Crippen molar-refractivity contribution in [2.75, 3.05) is 0 Å². The molecule has 0 aliphatic carbocycles. The summed E-state index contributed by atoms with van der Waals surface area (Å²) in [6.07, 6.45) is 3.77.